The SMILES string of the molecule is CCCCOc1ccc(C(C)NC(=O)CN2C(=O)C(=Cc3ccccc3F)Oc3ccccc32)cc1. The summed E-state index contributed by atoms with van der Waals surface area (Å²) in [5.41, 5.74) is 1.62. The zero-order valence-electron chi connectivity index (χ0n) is 20.4. The second-order valence-electron chi connectivity index (χ2n) is 8.55. The molecule has 0 saturated carbocycles. The summed E-state index contributed by atoms with van der Waals surface area (Å²) >= 11 is 0. The fraction of sp³-hybridized carbons (Fsp3) is 0.241. The van der Waals surface area contributed by atoms with E-state index in [9.17, 15) is 14.0 Å². The molecule has 0 bridgehead atoms. The van der Waals surface area contributed by atoms with Crippen molar-refractivity contribution in [2.45, 2.75) is 32.7 Å². The number of benzene rings is 3. The second kappa shape index (κ2) is 11.5. The van der Waals surface area contributed by atoms with Gasteiger partial charge in [-0.1, -0.05) is 55.8 Å². The molecule has 186 valence electrons. The highest BCUT2D eigenvalue weighted by Gasteiger charge is 2.32. The molecular weight excluding hydrogens is 459 g/mol. The van der Waals surface area contributed by atoms with Crippen molar-refractivity contribution < 1.29 is 23.5 Å². The van der Waals surface area contributed by atoms with Gasteiger partial charge >= 0.3 is 0 Å². The molecule has 0 aromatic heterocycles. The van der Waals surface area contributed by atoms with E-state index in [1.54, 1.807) is 42.5 Å². The fourth-order valence-electron chi connectivity index (χ4n) is 3.85. The first-order chi connectivity index (χ1) is 17.5. The number of amides is 2. The maximum Gasteiger partial charge on any atom is 0.294 e. The number of fused-ring (bicyclic) bond motifs is 1. The molecular formula is C29H29FN2O4. The summed E-state index contributed by atoms with van der Waals surface area (Å²) in [6, 6.07) is 20.4. The summed E-state index contributed by atoms with van der Waals surface area (Å²) in [6.07, 6.45) is 3.41. The van der Waals surface area contributed by atoms with Gasteiger partial charge in [-0.05, 0) is 55.3 Å². The first-order valence-electron chi connectivity index (χ1n) is 12.0. The van der Waals surface area contributed by atoms with Crippen LogP contribution < -0.4 is 19.7 Å². The van der Waals surface area contributed by atoms with Crippen LogP contribution in [-0.4, -0.2) is 25.0 Å². The number of nitrogens with one attached hydrogen (secondary N) is 1. The third-order valence-corrected chi connectivity index (χ3v) is 5.85. The Morgan fingerprint density at radius 1 is 1.08 bits per heavy atom. The predicted molar refractivity (Wildman–Crippen MR) is 137 cm³/mol. The summed E-state index contributed by atoms with van der Waals surface area (Å²) in [6.45, 7) is 4.45. The standard InChI is InChI=1S/C29H29FN2O4/c1-3-4-17-35-23-15-13-21(14-16-23)20(2)31-28(33)19-32-25-11-7-8-12-26(25)36-27(29(32)34)18-22-9-5-6-10-24(22)30/h5-16,18,20H,3-4,17,19H2,1-2H3,(H,31,33). The predicted octanol–water partition coefficient (Wildman–Crippen LogP) is 5.65. The molecule has 0 aliphatic carbocycles. The van der Waals surface area contributed by atoms with Crippen LogP contribution in [-0.2, 0) is 9.59 Å². The van der Waals surface area contributed by atoms with Gasteiger partial charge in [0.1, 0.15) is 18.1 Å². The Balaban J connectivity index is 1.47. The smallest absolute Gasteiger partial charge is 0.294 e. The quantitative estimate of drug-likeness (QED) is 0.312. The van der Waals surface area contributed by atoms with Crippen molar-refractivity contribution in [2.75, 3.05) is 18.1 Å². The zero-order chi connectivity index (χ0) is 25.5. The largest absolute Gasteiger partial charge is 0.494 e. The Bertz CT molecular complexity index is 1260. The summed E-state index contributed by atoms with van der Waals surface area (Å²) in [5.74, 6) is -0.178. The number of ether oxygens (including phenoxy) is 2. The number of hydrogen-bond acceptors (Lipinski definition) is 4. The lowest BCUT2D eigenvalue weighted by Gasteiger charge is -2.30. The van der Waals surface area contributed by atoms with Gasteiger partial charge in [0.2, 0.25) is 5.91 Å². The number of para-hydroxylation sites is 2. The lowest BCUT2D eigenvalue weighted by Crippen LogP contribution is -2.44. The normalized spacial score (nSPS) is 14.7. The number of anilines is 1. The van der Waals surface area contributed by atoms with E-state index in [4.69, 9.17) is 9.47 Å². The molecule has 1 aliphatic heterocycles. The lowest BCUT2D eigenvalue weighted by molar-refractivity contribution is -0.123. The van der Waals surface area contributed by atoms with Crippen LogP contribution in [0.4, 0.5) is 10.1 Å². The number of rotatable bonds is 9. The van der Waals surface area contributed by atoms with E-state index in [0.29, 0.717) is 18.0 Å². The van der Waals surface area contributed by atoms with Gasteiger partial charge in [0.05, 0.1) is 18.3 Å². The first kappa shape index (κ1) is 25.0. The third-order valence-electron chi connectivity index (χ3n) is 5.85. The van der Waals surface area contributed by atoms with Crippen LogP contribution in [0.5, 0.6) is 11.5 Å². The number of carbonyl (C=O) groups excluding carboxylic acids is 2. The van der Waals surface area contributed by atoms with Gasteiger partial charge in [0.25, 0.3) is 5.91 Å². The van der Waals surface area contributed by atoms with E-state index < -0.39 is 11.7 Å². The van der Waals surface area contributed by atoms with Gasteiger partial charge in [-0.25, -0.2) is 4.39 Å². The number of nitrogens with zero attached hydrogens (tertiary/aromatic N) is 1. The van der Waals surface area contributed by atoms with Crippen LogP contribution in [0.25, 0.3) is 6.08 Å². The minimum absolute atomic E-state index is 0.0571. The summed E-state index contributed by atoms with van der Waals surface area (Å²) < 4.78 is 25.7. The van der Waals surface area contributed by atoms with Crippen molar-refractivity contribution in [3.63, 3.8) is 0 Å². The Hall–Kier alpha value is -4.13. The molecule has 2 amide bonds. The van der Waals surface area contributed by atoms with E-state index in [1.807, 2.05) is 31.2 Å². The van der Waals surface area contributed by atoms with Gasteiger partial charge in [-0.2, -0.15) is 0 Å². The van der Waals surface area contributed by atoms with Crippen LogP contribution in [0, 0.1) is 5.82 Å². The van der Waals surface area contributed by atoms with Crippen LogP contribution >= 0.6 is 0 Å². The van der Waals surface area contributed by atoms with Crippen molar-refractivity contribution in [2.24, 2.45) is 0 Å². The van der Waals surface area contributed by atoms with Gasteiger partial charge in [-0.15, -0.1) is 0 Å². The fourth-order valence-corrected chi connectivity index (χ4v) is 3.85. The summed E-state index contributed by atoms with van der Waals surface area (Å²) in [4.78, 5) is 27.6. The molecule has 36 heavy (non-hydrogen) atoms. The number of carbonyl (C=O) groups is 2. The highest BCUT2D eigenvalue weighted by atomic mass is 19.1. The molecule has 7 heteroatoms. The van der Waals surface area contributed by atoms with Crippen molar-refractivity contribution in [3.8, 4) is 11.5 Å². The number of hydrogen-bond donors (Lipinski definition) is 1. The molecule has 0 saturated heterocycles. The van der Waals surface area contributed by atoms with Crippen LogP contribution in [0.2, 0.25) is 0 Å². The minimum Gasteiger partial charge on any atom is -0.494 e. The van der Waals surface area contributed by atoms with Crippen molar-refractivity contribution in [1.29, 1.82) is 0 Å². The third kappa shape index (κ3) is 5.92. The van der Waals surface area contributed by atoms with E-state index in [1.165, 1.54) is 17.0 Å². The van der Waals surface area contributed by atoms with E-state index in [2.05, 4.69) is 12.2 Å². The monoisotopic (exact) mass is 488 g/mol. The topological polar surface area (TPSA) is 67.9 Å². The van der Waals surface area contributed by atoms with E-state index >= 15 is 0 Å². The summed E-state index contributed by atoms with van der Waals surface area (Å²) in [5, 5.41) is 2.95. The molecule has 1 heterocycles. The average Bonchev–Trinajstić information content (AvgIpc) is 2.88. The van der Waals surface area contributed by atoms with Gasteiger partial charge in [-0.3, -0.25) is 14.5 Å². The first-order valence-corrected chi connectivity index (χ1v) is 12.0. The van der Waals surface area contributed by atoms with Crippen molar-refractivity contribution >= 4 is 23.6 Å². The Labute approximate surface area is 210 Å². The molecule has 0 radical (unpaired) electrons. The second-order valence-corrected chi connectivity index (χ2v) is 8.55. The van der Waals surface area contributed by atoms with Crippen LogP contribution in [0.1, 0.15) is 43.9 Å². The molecule has 6 nitrogen and oxygen atoms in total. The molecule has 3 aromatic rings. The maximum absolute atomic E-state index is 14.2. The van der Waals surface area contributed by atoms with Gasteiger partial charge < -0.3 is 14.8 Å². The Morgan fingerprint density at radius 3 is 2.56 bits per heavy atom. The van der Waals surface area contributed by atoms with Crippen molar-refractivity contribution in [1.82, 2.24) is 5.32 Å². The number of halogens is 1. The van der Waals surface area contributed by atoms with E-state index in [-0.39, 0.29) is 29.8 Å². The average molecular weight is 489 g/mol. The highest BCUT2D eigenvalue weighted by Crippen LogP contribution is 2.35. The summed E-state index contributed by atoms with van der Waals surface area (Å²) in [7, 11) is 0. The molecule has 1 unspecified atom stereocenters. The van der Waals surface area contributed by atoms with Crippen molar-refractivity contribution in [3.05, 3.63) is 95.5 Å². The van der Waals surface area contributed by atoms with Crippen LogP contribution in [0.15, 0.2) is 78.6 Å². The van der Waals surface area contributed by atoms with Crippen LogP contribution in [0.3, 0.4) is 0 Å². The van der Waals surface area contributed by atoms with E-state index in [0.717, 1.165) is 24.2 Å². The lowest BCUT2D eigenvalue weighted by atomic mass is 10.1. The van der Waals surface area contributed by atoms with Gasteiger partial charge in [0.15, 0.2) is 11.5 Å². The molecule has 0 fully saturated rings. The molecule has 1 N–H and O–H groups in total. The molecule has 4 rings (SSSR count). The maximum atomic E-state index is 14.2. The number of unbranched alkanes of at least 4 members (excludes halogenated alkanes) is 1. The minimum atomic E-state index is -0.520. The van der Waals surface area contributed by atoms with Gasteiger partial charge in [0, 0.05) is 5.56 Å². The molecule has 0 spiro atoms. The molecule has 1 atom stereocenters. The molecule has 1 aliphatic rings. The zero-order valence-corrected chi connectivity index (χ0v) is 20.4. The Kier molecular flexibility index (Phi) is 8.00. The Morgan fingerprint density at radius 2 is 1.81 bits per heavy atom. The molecule has 3 aromatic carbocycles. The highest BCUT2D eigenvalue weighted by molar-refractivity contribution is 6.12.